The molecule has 172 valence electrons. The maximum atomic E-state index is 12.6. The van der Waals surface area contributed by atoms with E-state index in [2.05, 4.69) is 16.0 Å². The second-order valence-corrected chi connectivity index (χ2v) is 7.71. The second-order valence-electron chi connectivity index (χ2n) is 7.71. The third-order valence-corrected chi connectivity index (χ3v) is 4.12. The van der Waals surface area contributed by atoms with Gasteiger partial charge in [0.25, 0.3) is 0 Å². The van der Waals surface area contributed by atoms with E-state index in [1.165, 1.54) is 0 Å². The number of aliphatic hydroxyl groups is 1. The Hall–Kier alpha value is -2.73. The number of carbonyl (C=O) groups excluding carboxylic acids is 3. The monoisotopic (exact) mass is 432 g/mol. The van der Waals surface area contributed by atoms with Crippen LogP contribution in [0.15, 0.2) is 0 Å². The van der Waals surface area contributed by atoms with Crippen molar-refractivity contribution in [3.05, 3.63) is 0 Å². The van der Waals surface area contributed by atoms with E-state index in [0.29, 0.717) is 6.42 Å². The highest BCUT2D eigenvalue weighted by Gasteiger charge is 2.32. The topological polar surface area (TPSA) is 208 Å². The van der Waals surface area contributed by atoms with Gasteiger partial charge < -0.3 is 37.0 Å². The first-order valence-electron chi connectivity index (χ1n) is 9.52. The van der Waals surface area contributed by atoms with Gasteiger partial charge in [-0.05, 0) is 18.3 Å². The van der Waals surface area contributed by atoms with E-state index in [4.69, 9.17) is 21.1 Å². The molecule has 3 amide bonds. The van der Waals surface area contributed by atoms with E-state index >= 15 is 0 Å². The molecule has 12 heteroatoms. The van der Waals surface area contributed by atoms with Crippen LogP contribution >= 0.6 is 0 Å². The summed E-state index contributed by atoms with van der Waals surface area (Å²) < 4.78 is 0. The molecule has 0 rings (SSSR count). The van der Waals surface area contributed by atoms with Gasteiger partial charge in [-0.2, -0.15) is 0 Å². The number of carboxylic acids is 2. The van der Waals surface area contributed by atoms with E-state index < -0.39 is 72.8 Å². The first-order valence-corrected chi connectivity index (χ1v) is 9.52. The minimum atomic E-state index is -1.57. The summed E-state index contributed by atoms with van der Waals surface area (Å²) in [5.41, 5.74) is 5.76. The Morgan fingerprint density at radius 3 is 1.77 bits per heavy atom. The van der Waals surface area contributed by atoms with Crippen molar-refractivity contribution < 1.29 is 39.3 Å². The lowest BCUT2D eigenvalue weighted by atomic mass is 10.0. The lowest BCUT2D eigenvalue weighted by Crippen LogP contribution is -2.59. The first kappa shape index (κ1) is 27.3. The molecular weight excluding hydrogens is 400 g/mol. The van der Waals surface area contributed by atoms with Crippen molar-refractivity contribution in [1.82, 2.24) is 16.0 Å². The maximum Gasteiger partial charge on any atom is 0.328 e. The van der Waals surface area contributed by atoms with Gasteiger partial charge in [0.2, 0.25) is 17.7 Å². The number of rotatable bonds is 13. The number of hydrogen-bond acceptors (Lipinski definition) is 7. The summed E-state index contributed by atoms with van der Waals surface area (Å²) in [6, 6.07) is -5.24. The highest BCUT2D eigenvalue weighted by atomic mass is 16.4. The van der Waals surface area contributed by atoms with Crippen LogP contribution in [-0.4, -0.2) is 75.8 Å². The number of carbonyl (C=O) groups is 5. The minimum absolute atomic E-state index is 0.0974. The first-order chi connectivity index (χ1) is 13.8. The molecule has 30 heavy (non-hydrogen) atoms. The number of nitrogens with two attached hydrogens (primary N) is 1. The Morgan fingerprint density at radius 1 is 0.833 bits per heavy atom. The van der Waals surface area contributed by atoms with Crippen LogP contribution in [0.5, 0.6) is 0 Å². The fourth-order valence-electron chi connectivity index (χ4n) is 2.51. The zero-order valence-corrected chi connectivity index (χ0v) is 17.5. The van der Waals surface area contributed by atoms with E-state index in [1.807, 2.05) is 13.8 Å². The fraction of sp³-hybridized carbons (Fsp3) is 0.722. The van der Waals surface area contributed by atoms with E-state index in [9.17, 15) is 24.0 Å². The van der Waals surface area contributed by atoms with Gasteiger partial charge in [-0.1, -0.05) is 27.7 Å². The number of nitrogens with one attached hydrogen (secondary N) is 3. The van der Waals surface area contributed by atoms with Crippen LogP contribution in [0.2, 0.25) is 0 Å². The molecule has 0 heterocycles. The summed E-state index contributed by atoms with van der Waals surface area (Å²) >= 11 is 0. The van der Waals surface area contributed by atoms with Gasteiger partial charge in [0.15, 0.2) is 0 Å². The molecule has 0 bridgehead atoms. The molecule has 8 N–H and O–H groups in total. The molecule has 0 fully saturated rings. The summed E-state index contributed by atoms with van der Waals surface area (Å²) in [5.74, 6) is -5.75. The fourth-order valence-corrected chi connectivity index (χ4v) is 2.51. The second kappa shape index (κ2) is 12.8. The minimum Gasteiger partial charge on any atom is -0.481 e. The van der Waals surface area contributed by atoms with Gasteiger partial charge >= 0.3 is 11.9 Å². The van der Waals surface area contributed by atoms with Crippen molar-refractivity contribution >= 4 is 29.7 Å². The molecule has 0 aliphatic carbocycles. The lowest BCUT2D eigenvalue weighted by molar-refractivity contribution is -0.144. The van der Waals surface area contributed by atoms with Gasteiger partial charge in [-0.25, -0.2) is 4.79 Å². The van der Waals surface area contributed by atoms with Crippen molar-refractivity contribution in [2.45, 2.75) is 64.7 Å². The summed E-state index contributed by atoms with van der Waals surface area (Å²) in [6.07, 6.45) is -0.422. The number of carboxylic acid groups (broad SMARTS) is 2. The molecule has 0 aliphatic heterocycles. The zero-order valence-electron chi connectivity index (χ0n) is 17.5. The molecule has 0 aromatic heterocycles. The normalized spacial score (nSPS) is 15.1. The van der Waals surface area contributed by atoms with Crippen molar-refractivity contribution in [3.8, 4) is 0 Å². The molecular formula is C18H32N4O8. The molecule has 12 nitrogen and oxygen atoms in total. The molecule has 4 unspecified atom stereocenters. The van der Waals surface area contributed by atoms with Crippen molar-refractivity contribution in [2.24, 2.45) is 17.6 Å². The number of hydrogen-bond donors (Lipinski definition) is 7. The molecule has 0 saturated heterocycles. The quantitative estimate of drug-likeness (QED) is 0.172. The predicted molar refractivity (Wildman–Crippen MR) is 105 cm³/mol. The zero-order chi connectivity index (χ0) is 23.6. The number of amides is 3. The van der Waals surface area contributed by atoms with Gasteiger partial charge in [-0.3, -0.25) is 19.2 Å². The highest BCUT2D eigenvalue weighted by Crippen LogP contribution is 2.06. The third kappa shape index (κ3) is 9.65. The van der Waals surface area contributed by atoms with E-state index in [-0.39, 0.29) is 5.92 Å². The van der Waals surface area contributed by atoms with Crippen LogP contribution in [0.4, 0.5) is 0 Å². The smallest absolute Gasteiger partial charge is 0.328 e. The maximum absolute atomic E-state index is 12.6. The van der Waals surface area contributed by atoms with Crippen molar-refractivity contribution in [1.29, 1.82) is 0 Å². The van der Waals surface area contributed by atoms with Crippen LogP contribution in [0, 0.1) is 11.8 Å². The molecule has 0 aromatic carbocycles. The summed E-state index contributed by atoms with van der Waals surface area (Å²) in [5, 5.41) is 33.7. The SMILES string of the molecule is CC(C)CC(N)C(=O)NC(CC(=O)O)C(=O)NC(C(=O)NC(CO)C(=O)O)C(C)C. The molecule has 0 radical (unpaired) electrons. The summed E-state index contributed by atoms with van der Waals surface area (Å²) in [4.78, 5) is 59.3. The van der Waals surface area contributed by atoms with Gasteiger partial charge in [0, 0.05) is 0 Å². The summed E-state index contributed by atoms with van der Waals surface area (Å²) in [7, 11) is 0. The van der Waals surface area contributed by atoms with Crippen LogP contribution in [-0.2, 0) is 24.0 Å². The third-order valence-electron chi connectivity index (χ3n) is 4.12. The van der Waals surface area contributed by atoms with Crippen LogP contribution in [0.1, 0.15) is 40.5 Å². The van der Waals surface area contributed by atoms with Crippen molar-refractivity contribution in [2.75, 3.05) is 6.61 Å². The standard InChI is InChI=1S/C18H32N4O8/c1-8(2)5-10(19)15(26)20-11(6-13(24)25)16(27)22-14(9(3)4)17(28)21-12(7-23)18(29)30/h8-12,14,23H,5-7,19H2,1-4H3,(H,20,26)(H,21,28)(H,22,27)(H,24,25)(H,29,30). The highest BCUT2D eigenvalue weighted by molar-refractivity contribution is 5.95. The molecule has 0 aliphatic rings. The lowest BCUT2D eigenvalue weighted by Gasteiger charge is -2.26. The van der Waals surface area contributed by atoms with Crippen LogP contribution < -0.4 is 21.7 Å². The van der Waals surface area contributed by atoms with Gasteiger partial charge in [0.05, 0.1) is 19.1 Å². The Bertz CT molecular complexity index is 638. The molecule has 0 saturated carbocycles. The average molecular weight is 432 g/mol. The van der Waals surface area contributed by atoms with E-state index in [0.717, 1.165) is 0 Å². The van der Waals surface area contributed by atoms with Crippen molar-refractivity contribution in [3.63, 3.8) is 0 Å². The van der Waals surface area contributed by atoms with Gasteiger partial charge in [0.1, 0.15) is 18.1 Å². The largest absolute Gasteiger partial charge is 0.481 e. The Morgan fingerprint density at radius 2 is 1.37 bits per heavy atom. The molecule has 4 atom stereocenters. The van der Waals surface area contributed by atoms with E-state index in [1.54, 1.807) is 13.8 Å². The Balaban J connectivity index is 5.36. The van der Waals surface area contributed by atoms with Crippen LogP contribution in [0.25, 0.3) is 0 Å². The van der Waals surface area contributed by atoms with Gasteiger partial charge in [-0.15, -0.1) is 0 Å². The van der Waals surface area contributed by atoms with Crippen LogP contribution in [0.3, 0.4) is 0 Å². The summed E-state index contributed by atoms with van der Waals surface area (Å²) in [6.45, 7) is 5.98. The number of aliphatic hydroxyl groups excluding tert-OH is 1. The average Bonchev–Trinajstić information content (AvgIpc) is 2.61. The Labute approximate surface area is 174 Å². The molecule has 0 spiro atoms. The molecule has 0 aromatic rings. The number of aliphatic carboxylic acids is 2. The Kier molecular flexibility index (Phi) is 11.6. The predicted octanol–water partition coefficient (Wildman–Crippen LogP) is -1.98.